The number of hydrogen-bond donors (Lipinski definition) is 4. The smallest absolute Gasteiger partial charge is 0.241 e. The summed E-state index contributed by atoms with van der Waals surface area (Å²) < 4.78 is 0. The van der Waals surface area contributed by atoms with Gasteiger partial charge in [-0.3, -0.25) is 10.5 Å². The van der Waals surface area contributed by atoms with Crippen LogP contribution in [0, 0.1) is 0 Å². The molecule has 0 atom stereocenters. The van der Waals surface area contributed by atoms with Crippen LogP contribution < -0.4 is 16.2 Å². The molecule has 5 N–H and O–H groups in total. The molecule has 0 bridgehead atoms. The lowest BCUT2D eigenvalue weighted by molar-refractivity contribution is 0.0558. The van der Waals surface area contributed by atoms with E-state index in [-0.39, 0.29) is 0 Å². The predicted molar refractivity (Wildman–Crippen MR) is 76.2 cm³/mol. The summed E-state index contributed by atoms with van der Waals surface area (Å²) in [5.41, 5.74) is 2.43. The van der Waals surface area contributed by atoms with Crippen LogP contribution in [0.5, 0.6) is 0 Å². The van der Waals surface area contributed by atoms with Crippen LogP contribution >= 0.6 is 0 Å². The highest BCUT2D eigenvalue weighted by atomic mass is 16.3. The Balaban J connectivity index is 1.93. The van der Waals surface area contributed by atoms with Crippen molar-refractivity contribution in [1.29, 1.82) is 0 Å². The number of likely N-dealkylation sites (N-methyl/N-ethyl adjacent to an activating group) is 1. The number of rotatable bonds is 4. The number of hydrazine groups is 1. The number of aromatic nitrogens is 4. The first-order valence-corrected chi connectivity index (χ1v) is 6.72. The first-order chi connectivity index (χ1) is 9.61. The second kappa shape index (κ2) is 4.88. The largest absolute Gasteiger partial charge is 0.388 e. The molecule has 1 aliphatic carbocycles. The van der Waals surface area contributed by atoms with Gasteiger partial charge in [0.15, 0.2) is 5.65 Å². The number of hydrogen-bond acceptors (Lipinski definition) is 7. The van der Waals surface area contributed by atoms with Crippen LogP contribution in [-0.4, -0.2) is 44.5 Å². The van der Waals surface area contributed by atoms with E-state index in [4.69, 9.17) is 5.84 Å². The van der Waals surface area contributed by atoms with Gasteiger partial charge in [0.2, 0.25) is 5.95 Å². The third-order valence-electron chi connectivity index (χ3n) is 3.85. The Bertz CT molecular complexity index is 605. The molecule has 1 fully saturated rings. The van der Waals surface area contributed by atoms with Crippen molar-refractivity contribution in [3.05, 3.63) is 6.20 Å². The molecule has 0 spiro atoms. The lowest BCUT2D eigenvalue weighted by Crippen LogP contribution is -2.39. The number of nitrogens with two attached hydrogens (primary N) is 1. The average molecular weight is 277 g/mol. The second-order valence-electron chi connectivity index (χ2n) is 5.43. The van der Waals surface area contributed by atoms with Crippen molar-refractivity contribution in [1.82, 2.24) is 20.2 Å². The molecule has 108 valence electrons. The summed E-state index contributed by atoms with van der Waals surface area (Å²) in [5.74, 6) is 6.42. The Labute approximate surface area is 116 Å². The molecule has 0 saturated heterocycles. The van der Waals surface area contributed by atoms with Crippen molar-refractivity contribution >= 4 is 22.8 Å². The molecular weight excluding hydrogens is 258 g/mol. The van der Waals surface area contributed by atoms with Crippen molar-refractivity contribution in [3.63, 3.8) is 0 Å². The van der Waals surface area contributed by atoms with Gasteiger partial charge in [0.05, 0.1) is 17.2 Å². The highest BCUT2D eigenvalue weighted by Gasteiger charge is 2.33. The third kappa shape index (κ3) is 2.27. The number of nitrogens with zero attached hydrogens (tertiary/aromatic N) is 4. The molecule has 1 saturated carbocycles. The molecule has 0 unspecified atom stereocenters. The Morgan fingerprint density at radius 2 is 2.20 bits per heavy atom. The van der Waals surface area contributed by atoms with Gasteiger partial charge in [-0.15, -0.1) is 0 Å². The molecule has 2 aromatic heterocycles. The minimum Gasteiger partial charge on any atom is -0.388 e. The molecular formula is C12H19N7O. The van der Waals surface area contributed by atoms with Crippen LogP contribution in [0.15, 0.2) is 6.20 Å². The second-order valence-corrected chi connectivity index (χ2v) is 5.43. The number of aromatic amines is 1. The molecule has 2 heterocycles. The maximum absolute atomic E-state index is 10.5. The topological polar surface area (TPSA) is 116 Å². The Morgan fingerprint density at radius 1 is 1.45 bits per heavy atom. The van der Waals surface area contributed by atoms with Gasteiger partial charge in [-0.1, -0.05) is 12.8 Å². The fourth-order valence-corrected chi connectivity index (χ4v) is 2.88. The third-order valence-corrected chi connectivity index (χ3v) is 3.85. The number of H-pyrrole nitrogens is 1. The van der Waals surface area contributed by atoms with Gasteiger partial charge in [-0.05, 0) is 12.8 Å². The van der Waals surface area contributed by atoms with Crippen LogP contribution in [0.2, 0.25) is 0 Å². The summed E-state index contributed by atoms with van der Waals surface area (Å²) in [6, 6.07) is 0. The van der Waals surface area contributed by atoms with E-state index in [1.807, 2.05) is 11.9 Å². The quantitative estimate of drug-likeness (QED) is 0.471. The number of nitrogen functional groups attached to an aromatic ring is 1. The zero-order chi connectivity index (χ0) is 14.2. The van der Waals surface area contributed by atoms with E-state index in [0.717, 1.165) is 31.1 Å². The molecule has 0 aliphatic heterocycles. The van der Waals surface area contributed by atoms with E-state index >= 15 is 0 Å². The average Bonchev–Trinajstić information content (AvgIpc) is 3.05. The monoisotopic (exact) mass is 277 g/mol. The fraction of sp³-hybridized carbons (Fsp3) is 0.583. The molecule has 0 radical (unpaired) electrons. The van der Waals surface area contributed by atoms with Gasteiger partial charge in [0.25, 0.3) is 0 Å². The molecule has 2 aromatic rings. The van der Waals surface area contributed by atoms with E-state index in [1.54, 1.807) is 6.20 Å². The van der Waals surface area contributed by atoms with E-state index in [1.165, 1.54) is 0 Å². The Morgan fingerprint density at radius 3 is 2.90 bits per heavy atom. The minimum atomic E-state index is -0.633. The number of nitrogens with one attached hydrogen (secondary N) is 2. The van der Waals surface area contributed by atoms with Gasteiger partial charge >= 0.3 is 0 Å². The number of fused-ring (bicyclic) bond motifs is 1. The van der Waals surface area contributed by atoms with Crippen molar-refractivity contribution in [3.8, 4) is 0 Å². The van der Waals surface area contributed by atoms with Gasteiger partial charge in [-0.25, -0.2) is 5.84 Å². The molecule has 3 rings (SSSR count). The molecule has 20 heavy (non-hydrogen) atoms. The summed E-state index contributed by atoms with van der Waals surface area (Å²) in [4.78, 5) is 10.5. The molecule has 8 nitrogen and oxygen atoms in total. The normalized spacial score (nSPS) is 17.6. The van der Waals surface area contributed by atoms with Gasteiger partial charge in [0, 0.05) is 13.6 Å². The van der Waals surface area contributed by atoms with Crippen molar-refractivity contribution < 1.29 is 5.11 Å². The van der Waals surface area contributed by atoms with Gasteiger partial charge < -0.3 is 10.0 Å². The Kier molecular flexibility index (Phi) is 3.19. The fourth-order valence-electron chi connectivity index (χ4n) is 2.88. The summed E-state index contributed by atoms with van der Waals surface area (Å²) in [6.07, 6.45) is 5.49. The summed E-state index contributed by atoms with van der Waals surface area (Å²) in [5, 5.41) is 18.1. The first-order valence-electron chi connectivity index (χ1n) is 6.72. The predicted octanol–water partition coefficient (Wildman–Crippen LogP) is 0.380. The van der Waals surface area contributed by atoms with Crippen molar-refractivity contribution in [2.45, 2.75) is 31.3 Å². The minimum absolute atomic E-state index is 0.321. The van der Waals surface area contributed by atoms with Gasteiger partial charge in [0.1, 0.15) is 5.82 Å². The molecule has 0 amide bonds. The highest BCUT2D eigenvalue weighted by Crippen LogP contribution is 2.32. The van der Waals surface area contributed by atoms with Crippen molar-refractivity contribution in [2.75, 3.05) is 23.9 Å². The number of aliphatic hydroxyl groups is 1. The molecule has 1 aliphatic rings. The maximum atomic E-state index is 10.5. The lowest BCUT2D eigenvalue weighted by atomic mass is 10.0. The van der Waals surface area contributed by atoms with E-state index < -0.39 is 5.60 Å². The highest BCUT2D eigenvalue weighted by molar-refractivity contribution is 5.87. The van der Waals surface area contributed by atoms with Crippen LogP contribution in [0.3, 0.4) is 0 Å². The standard InChI is InChI=1S/C12H19N7O/c1-19(7-12(20)4-2-3-5-12)10-8-6-14-18-9(8)15-11(16-10)17-13/h6,20H,2-5,7,13H2,1H3,(H2,14,15,16,17,18). The molecule has 0 aromatic carbocycles. The van der Waals surface area contributed by atoms with Crippen LogP contribution in [0.25, 0.3) is 11.0 Å². The summed E-state index contributed by atoms with van der Waals surface area (Å²) >= 11 is 0. The SMILES string of the molecule is CN(CC1(O)CCCC1)c1nc(NN)nc2[nH]ncc12. The van der Waals surface area contributed by atoms with E-state index in [0.29, 0.717) is 24.0 Å². The van der Waals surface area contributed by atoms with Crippen molar-refractivity contribution in [2.24, 2.45) is 5.84 Å². The van der Waals surface area contributed by atoms with Crippen LogP contribution in [-0.2, 0) is 0 Å². The molecule has 8 heteroatoms. The zero-order valence-corrected chi connectivity index (χ0v) is 11.4. The zero-order valence-electron chi connectivity index (χ0n) is 11.4. The first kappa shape index (κ1) is 13.1. The van der Waals surface area contributed by atoms with E-state index in [2.05, 4.69) is 25.6 Å². The number of anilines is 2. The van der Waals surface area contributed by atoms with Crippen LogP contribution in [0.1, 0.15) is 25.7 Å². The van der Waals surface area contributed by atoms with Gasteiger partial charge in [-0.2, -0.15) is 15.1 Å². The van der Waals surface area contributed by atoms with Crippen LogP contribution in [0.4, 0.5) is 11.8 Å². The lowest BCUT2D eigenvalue weighted by Gasteiger charge is -2.29. The maximum Gasteiger partial charge on any atom is 0.241 e. The van der Waals surface area contributed by atoms with E-state index in [9.17, 15) is 5.11 Å². The summed E-state index contributed by atoms with van der Waals surface area (Å²) in [6.45, 7) is 0.536. The summed E-state index contributed by atoms with van der Waals surface area (Å²) in [7, 11) is 1.91. The Hall–Kier alpha value is -1.93.